The van der Waals surface area contributed by atoms with Gasteiger partial charge in [-0.3, -0.25) is 9.69 Å². The molecule has 0 aliphatic carbocycles. The largest absolute Gasteiger partial charge is 0.422 e. The van der Waals surface area contributed by atoms with Gasteiger partial charge in [-0.25, -0.2) is 4.79 Å². The normalized spacial score (nSPS) is 17.5. The third-order valence-electron chi connectivity index (χ3n) is 4.74. The van der Waals surface area contributed by atoms with Crippen LogP contribution < -0.4 is 10.9 Å². The Bertz CT molecular complexity index is 981. The smallest absolute Gasteiger partial charge is 0.349 e. The van der Waals surface area contributed by atoms with Crippen LogP contribution in [0.15, 0.2) is 69.9 Å². The van der Waals surface area contributed by atoms with Gasteiger partial charge in [-0.15, -0.1) is 0 Å². The summed E-state index contributed by atoms with van der Waals surface area (Å²) in [5.74, 6) is -0.365. The van der Waals surface area contributed by atoms with E-state index in [4.69, 9.17) is 4.42 Å². The molecule has 0 radical (unpaired) electrons. The fraction of sp³-hybridized carbons (Fsp3) is 0.238. The molecule has 132 valence electrons. The van der Waals surface area contributed by atoms with Crippen molar-refractivity contribution in [3.63, 3.8) is 0 Å². The molecule has 1 aliphatic heterocycles. The molecule has 0 bridgehead atoms. The second-order valence-corrected chi connectivity index (χ2v) is 6.67. The summed E-state index contributed by atoms with van der Waals surface area (Å²) in [6, 6.07) is 19.1. The Morgan fingerprint density at radius 3 is 2.73 bits per heavy atom. The van der Waals surface area contributed by atoms with Crippen molar-refractivity contribution in [1.29, 1.82) is 0 Å². The van der Waals surface area contributed by atoms with Gasteiger partial charge in [0.1, 0.15) is 11.1 Å². The first-order valence-electron chi connectivity index (χ1n) is 8.79. The Kier molecular flexibility index (Phi) is 4.54. The standard InChI is InChI=1S/C21H20N2O3/c24-20(18-12-16-8-4-5-9-19(16)26-21(18)25)22-17-10-11-23(14-17)13-15-6-2-1-3-7-15/h1-9,12,17H,10-11,13-14H2,(H,22,24)/t17-/m0/s1. The number of carbonyl (C=O) groups excluding carboxylic acids is 1. The molecule has 0 saturated carbocycles. The summed E-state index contributed by atoms with van der Waals surface area (Å²) in [6.45, 7) is 2.57. The Morgan fingerprint density at radius 1 is 1.12 bits per heavy atom. The molecular formula is C21H20N2O3. The van der Waals surface area contributed by atoms with E-state index in [2.05, 4.69) is 22.3 Å². The molecule has 2 heterocycles. The zero-order valence-corrected chi connectivity index (χ0v) is 14.4. The van der Waals surface area contributed by atoms with Crippen molar-refractivity contribution in [2.75, 3.05) is 13.1 Å². The number of hydrogen-bond donors (Lipinski definition) is 1. The van der Waals surface area contributed by atoms with Gasteiger partial charge in [-0.2, -0.15) is 0 Å². The second kappa shape index (κ2) is 7.14. The zero-order chi connectivity index (χ0) is 17.9. The van der Waals surface area contributed by atoms with E-state index in [0.29, 0.717) is 5.58 Å². The summed E-state index contributed by atoms with van der Waals surface area (Å²) in [7, 11) is 0. The monoisotopic (exact) mass is 348 g/mol. The number of amides is 1. The van der Waals surface area contributed by atoms with Gasteiger partial charge in [0.05, 0.1) is 0 Å². The van der Waals surface area contributed by atoms with Crippen molar-refractivity contribution in [1.82, 2.24) is 10.2 Å². The SMILES string of the molecule is O=C(N[C@H]1CCN(Cc2ccccc2)C1)c1cc2ccccc2oc1=O. The highest BCUT2D eigenvalue weighted by molar-refractivity contribution is 5.96. The molecule has 5 nitrogen and oxygen atoms in total. The first kappa shape index (κ1) is 16.5. The maximum Gasteiger partial charge on any atom is 0.349 e. The van der Waals surface area contributed by atoms with Gasteiger partial charge in [0, 0.05) is 31.1 Å². The summed E-state index contributed by atoms with van der Waals surface area (Å²) >= 11 is 0. The number of rotatable bonds is 4. The van der Waals surface area contributed by atoms with Crippen molar-refractivity contribution < 1.29 is 9.21 Å². The summed E-state index contributed by atoms with van der Waals surface area (Å²) in [4.78, 5) is 27.0. The van der Waals surface area contributed by atoms with Crippen LogP contribution in [0.25, 0.3) is 11.0 Å². The minimum absolute atomic E-state index is 0.0390. The number of benzene rings is 2. The van der Waals surface area contributed by atoms with Crippen molar-refractivity contribution >= 4 is 16.9 Å². The van der Waals surface area contributed by atoms with Crippen molar-refractivity contribution in [3.8, 4) is 0 Å². The van der Waals surface area contributed by atoms with Crippen LogP contribution in [0.3, 0.4) is 0 Å². The summed E-state index contributed by atoms with van der Waals surface area (Å²) in [5.41, 5.74) is 1.21. The van der Waals surface area contributed by atoms with E-state index in [1.165, 1.54) is 5.56 Å². The highest BCUT2D eigenvalue weighted by Gasteiger charge is 2.25. The van der Waals surface area contributed by atoms with E-state index in [1.807, 2.05) is 30.3 Å². The lowest BCUT2D eigenvalue weighted by atomic mass is 10.1. The molecule has 3 aromatic rings. The van der Waals surface area contributed by atoms with Gasteiger partial charge < -0.3 is 9.73 Å². The number of carbonyl (C=O) groups is 1. The molecule has 1 N–H and O–H groups in total. The van der Waals surface area contributed by atoms with Crippen LogP contribution in [-0.2, 0) is 6.54 Å². The molecule has 1 atom stereocenters. The quantitative estimate of drug-likeness (QED) is 0.737. The third kappa shape index (κ3) is 3.53. The minimum Gasteiger partial charge on any atom is -0.422 e. The lowest BCUT2D eigenvalue weighted by Crippen LogP contribution is -2.38. The predicted octanol–water partition coefficient (Wildman–Crippen LogP) is 2.80. The van der Waals surface area contributed by atoms with Crippen molar-refractivity contribution in [2.24, 2.45) is 0 Å². The minimum atomic E-state index is -0.597. The molecule has 26 heavy (non-hydrogen) atoms. The number of hydrogen-bond acceptors (Lipinski definition) is 4. The van der Waals surface area contributed by atoms with Crippen LogP contribution in [0, 0.1) is 0 Å². The van der Waals surface area contributed by atoms with Gasteiger partial charge in [0.15, 0.2) is 0 Å². The number of fused-ring (bicyclic) bond motifs is 1. The van der Waals surface area contributed by atoms with E-state index in [-0.39, 0.29) is 17.5 Å². The van der Waals surface area contributed by atoms with E-state index in [1.54, 1.807) is 18.2 Å². The van der Waals surface area contributed by atoms with E-state index < -0.39 is 5.63 Å². The lowest BCUT2D eigenvalue weighted by Gasteiger charge is -2.16. The first-order valence-corrected chi connectivity index (χ1v) is 8.79. The van der Waals surface area contributed by atoms with Crippen LogP contribution in [0.1, 0.15) is 22.3 Å². The first-order chi connectivity index (χ1) is 12.7. The average molecular weight is 348 g/mol. The third-order valence-corrected chi connectivity index (χ3v) is 4.74. The van der Waals surface area contributed by atoms with Gasteiger partial charge >= 0.3 is 5.63 Å². The fourth-order valence-corrected chi connectivity index (χ4v) is 3.42. The van der Waals surface area contributed by atoms with E-state index in [9.17, 15) is 9.59 Å². The summed E-state index contributed by atoms with van der Waals surface area (Å²) in [5, 5.41) is 3.72. The van der Waals surface area contributed by atoms with Gasteiger partial charge in [-0.1, -0.05) is 48.5 Å². The molecule has 1 amide bonds. The predicted molar refractivity (Wildman–Crippen MR) is 100 cm³/mol. The molecule has 5 heteroatoms. The molecule has 1 aromatic heterocycles. The number of likely N-dealkylation sites (tertiary alicyclic amines) is 1. The van der Waals surface area contributed by atoms with Gasteiger partial charge in [-0.05, 0) is 24.1 Å². The number of nitrogens with one attached hydrogen (secondary N) is 1. The summed E-state index contributed by atoms with van der Waals surface area (Å²) < 4.78 is 5.25. The van der Waals surface area contributed by atoms with Crippen LogP contribution in [0.5, 0.6) is 0 Å². The molecular weight excluding hydrogens is 328 g/mol. The van der Waals surface area contributed by atoms with E-state index in [0.717, 1.165) is 31.4 Å². The highest BCUT2D eigenvalue weighted by Crippen LogP contribution is 2.15. The van der Waals surface area contributed by atoms with Crippen LogP contribution in [0.4, 0.5) is 0 Å². The lowest BCUT2D eigenvalue weighted by molar-refractivity contribution is 0.0934. The van der Waals surface area contributed by atoms with E-state index >= 15 is 0 Å². The van der Waals surface area contributed by atoms with Crippen LogP contribution >= 0.6 is 0 Å². The Labute approximate surface area is 151 Å². The topological polar surface area (TPSA) is 62.6 Å². The maximum absolute atomic E-state index is 12.5. The Morgan fingerprint density at radius 2 is 1.88 bits per heavy atom. The number of nitrogens with zero attached hydrogens (tertiary/aromatic N) is 1. The highest BCUT2D eigenvalue weighted by atomic mass is 16.4. The average Bonchev–Trinajstić information content (AvgIpc) is 3.08. The van der Waals surface area contributed by atoms with Crippen molar-refractivity contribution in [2.45, 2.75) is 19.0 Å². The molecule has 1 saturated heterocycles. The zero-order valence-electron chi connectivity index (χ0n) is 14.4. The molecule has 1 fully saturated rings. The molecule has 2 aromatic carbocycles. The molecule has 1 aliphatic rings. The maximum atomic E-state index is 12.5. The Hall–Kier alpha value is -2.92. The summed E-state index contributed by atoms with van der Waals surface area (Å²) in [6.07, 6.45) is 0.873. The molecule has 4 rings (SSSR count). The van der Waals surface area contributed by atoms with Crippen LogP contribution in [-0.4, -0.2) is 29.9 Å². The Balaban J connectivity index is 1.42. The van der Waals surface area contributed by atoms with Crippen LogP contribution in [0.2, 0.25) is 0 Å². The number of para-hydroxylation sites is 1. The fourth-order valence-electron chi connectivity index (χ4n) is 3.42. The second-order valence-electron chi connectivity index (χ2n) is 6.67. The van der Waals surface area contributed by atoms with Crippen molar-refractivity contribution in [3.05, 3.63) is 82.2 Å². The molecule has 0 unspecified atom stereocenters. The molecule has 0 spiro atoms. The van der Waals surface area contributed by atoms with Gasteiger partial charge in [0.2, 0.25) is 0 Å². The van der Waals surface area contributed by atoms with Gasteiger partial charge in [0.25, 0.3) is 5.91 Å².